The number of aliphatic imine (C=N–C) groups is 1. The molecule has 0 bridgehead atoms. The van der Waals surface area contributed by atoms with Crippen molar-refractivity contribution in [3.63, 3.8) is 0 Å². The van der Waals surface area contributed by atoms with Crippen molar-refractivity contribution >= 4 is 35.8 Å². The van der Waals surface area contributed by atoms with Crippen LogP contribution in [0, 0.1) is 5.41 Å². The average Bonchev–Trinajstić information content (AvgIpc) is 3.02. The number of aromatic nitrogens is 2. The summed E-state index contributed by atoms with van der Waals surface area (Å²) in [7, 11) is 0. The third-order valence-corrected chi connectivity index (χ3v) is 5.23. The summed E-state index contributed by atoms with van der Waals surface area (Å²) in [5, 5.41) is 6.73. The molecule has 25 heavy (non-hydrogen) atoms. The minimum absolute atomic E-state index is 0. The van der Waals surface area contributed by atoms with Gasteiger partial charge in [-0.25, -0.2) is 4.98 Å². The molecule has 0 unspecified atom stereocenters. The zero-order valence-corrected chi connectivity index (χ0v) is 17.5. The first-order chi connectivity index (χ1) is 11.8. The van der Waals surface area contributed by atoms with Gasteiger partial charge in [-0.1, -0.05) is 19.3 Å². The predicted molar refractivity (Wildman–Crippen MR) is 114 cm³/mol. The van der Waals surface area contributed by atoms with Crippen LogP contribution in [0.15, 0.2) is 23.6 Å². The van der Waals surface area contributed by atoms with E-state index in [0.717, 1.165) is 38.0 Å². The highest BCUT2D eigenvalue weighted by Gasteiger charge is 2.39. The number of anilines is 1. The Bertz CT molecular complexity index is 530. The lowest BCUT2D eigenvalue weighted by atomic mass is 9.73. The van der Waals surface area contributed by atoms with Gasteiger partial charge in [0.2, 0.25) is 0 Å². The maximum atomic E-state index is 4.81. The molecule has 1 aromatic heterocycles. The van der Waals surface area contributed by atoms with Crippen molar-refractivity contribution in [2.75, 3.05) is 38.0 Å². The van der Waals surface area contributed by atoms with E-state index in [-0.39, 0.29) is 24.0 Å². The number of rotatable bonds is 5. The standard InChI is InChI=1S/C18H30N6.HI/c1-2-20-17(23-12-11-22-16-14-19-9-10-21-16)24-13-8-18(15-24)6-4-3-5-7-18;/h9-10,14H,2-8,11-13,15H2,1H3,(H,20,23)(H,21,22);1H. The fourth-order valence-electron chi connectivity index (χ4n) is 3.99. The summed E-state index contributed by atoms with van der Waals surface area (Å²) in [6.07, 6.45) is 13.5. The quantitative estimate of drug-likeness (QED) is 0.307. The molecule has 1 aliphatic heterocycles. The van der Waals surface area contributed by atoms with Gasteiger partial charge in [-0.3, -0.25) is 9.98 Å². The minimum Gasteiger partial charge on any atom is -0.367 e. The Labute approximate surface area is 168 Å². The van der Waals surface area contributed by atoms with Gasteiger partial charge in [0.15, 0.2) is 5.96 Å². The zero-order valence-electron chi connectivity index (χ0n) is 15.2. The van der Waals surface area contributed by atoms with Crippen LogP contribution in [0.2, 0.25) is 0 Å². The van der Waals surface area contributed by atoms with Gasteiger partial charge in [0.1, 0.15) is 5.82 Å². The number of halogens is 1. The normalized spacial score (nSPS) is 19.6. The Morgan fingerprint density at radius 1 is 1.24 bits per heavy atom. The second-order valence-corrected chi connectivity index (χ2v) is 6.99. The number of guanidine groups is 1. The molecule has 1 aliphatic carbocycles. The number of nitrogens with one attached hydrogen (secondary N) is 2. The van der Waals surface area contributed by atoms with Gasteiger partial charge in [-0.2, -0.15) is 0 Å². The number of hydrogen-bond acceptors (Lipinski definition) is 4. The summed E-state index contributed by atoms with van der Waals surface area (Å²) in [6, 6.07) is 0. The maximum absolute atomic E-state index is 4.81. The third-order valence-electron chi connectivity index (χ3n) is 5.23. The molecule has 2 N–H and O–H groups in total. The summed E-state index contributed by atoms with van der Waals surface area (Å²) in [4.78, 5) is 15.6. The molecule has 3 rings (SSSR count). The van der Waals surface area contributed by atoms with E-state index in [1.54, 1.807) is 18.6 Å². The SMILES string of the molecule is CCNC(=NCCNc1cnccn1)N1CCC2(CCCCC2)C1.I. The van der Waals surface area contributed by atoms with Gasteiger partial charge in [-0.15, -0.1) is 24.0 Å². The van der Waals surface area contributed by atoms with Gasteiger partial charge in [0, 0.05) is 38.6 Å². The fraction of sp³-hybridized carbons (Fsp3) is 0.722. The molecule has 6 nitrogen and oxygen atoms in total. The molecule has 1 saturated carbocycles. The van der Waals surface area contributed by atoms with Crippen LogP contribution in [0.4, 0.5) is 5.82 Å². The van der Waals surface area contributed by atoms with Crippen LogP contribution in [0.1, 0.15) is 45.4 Å². The van der Waals surface area contributed by atoms with E-state index < -0.39 is 0 Å². The summed E-state index contributed by atoms with van der Waals surface area (Å²) >= 11 is 0. The highest BCUT2D eigenvalue weighted by molar-refractivity contribution is 14.0. The topological polar surface area (TPSA) is 65.4 Å². The average molecular weight is 458 g/mol. The smallest absolute Gasteiger partial charge is 0.193 e. The lowest BCUT2D eigenvalue weighted by molar-refractivity contribution is 0.203. The van der Waals surface area contributed by atoms with Crippen molar-refractivity contribution in [3.8, 4) is 0 Å². The van der Waals surface area contributed by atoms with Gasteiger partial charge >= 0.3 is 0 Å². The molecule has 2 fully saturated rings. The number of hydrogen-bond donors (Lipinski definition) is 2. The summed E-state index contributed by atoms with van der Waals surface area (Å²) in [6.45, 7) is 6.88. The highest BCUT2D eigenvalue weighted by atomic mass is 127. The summed E-state index contributed by atoms with van der Waals surface area (Å²) < 4.78 is 0. The number of likely N-dealkylation sites (tertiary alicyclic amines) is 1. The van der Waals surface area contributed by atoms with Crippen molar-refractivity contribution in [2.45, 2.75) is 45.4 Å². The molecular weight excluding hydrogens is 427 g/mol. The Morgan fingerprint density at radius 3 is 2.80 bits per heavy atom. The second kappa shape index (κ2) is 10.1. The zero-order chi connectivity index (χ0) is 16.7. The molecule has 7 heteroatoms. The van der Waals surface area contributed by atoms with Crippen LogP contribution in [-0.4, -0.2) is 53.6 Å². The number of nitrogens with zero attached hydrogens (tertiary/aromatic N) is 4. The van der Waals surface area contributed by atoms with Crippen molar-refractivity contribution in [3.05, 3.63) is 18.6 Å². The molecule has 0 aromatic carbocycles. The van der Waals surface area contributed by atoms with Gasteiger partial charge in [0.05, 0.1) is 12.7 Å². The Morgan fingerprint density at radius 2 is 2.08 bits per heavy atom. The molecule has 2 aliphatic rings. The minimum atomic E-state index is 0. The predicted octanol–water partition coefficient (Wildman–Crippen LogP) is 3.13. The van der Waals surface area contributed by atoms with Crippen molar-refractivity contribution in [1.82, 2.24) is 20.2 Å². The third kappa shape index (κ3) is 5.69. The van der Waals surface area contributed by atoms with Crippen molar-refractivity contribution in [1.29, 1.82) is 0 Å². The Balaban J connectivity index is 0.00000225. The molecule has 1 spiro atoms. The van der Waals surface area contributed by atoms with Crippen LogP contribution in [-0.2, 0) is 0 Å². The molecule has 1 saturated heterocycles. The van der Waals surface area contributed by atoms with E-state index in [1.807, 2.05) is 0 Å². The molecule has 2 heterocycles. The van der Waals surface area contributed by atoms with E-state index in [1.165, 1.54) is 45.1 Å². The lowest BCUT2D eigenvalue weighted by Gasteiger charge is -2.33. The Kier molecular flexibility index (Phi) is 8.18. The van der Waals surface area contributed by atoms with Gasteiger partial charge in [0.25, 0.3) is 0 Å². The maximum Gasteiger partial charge on any atom is 0.193 e. The van der Waals surface area contributed by atoms with Gasteiger partial charge < -0.3 is 15.5 Å². The van der Waals surface area contributed by atoms with Crippen LogP contribution in [0.3, 0.4) is 0 Å². The van der Waals surface area contributed by atoms with E-state index in [9.17, 15) is 0 Å². The van der Waals surface area contributed by atoms with E-state index >= 15 is 0 Å². The van der Waals surface area contributed by atoms with Gasteiger partial charge in [-0.05, 0) is 31.6 Å². The van der Waals surface area contributed by atoms with E-state index in [0.29, 0.717) is 5.41 Å². The highest BCUT2D eigenvalue weighted by Crippen LogP contribution is 2.43. The molecule has 1 aromatic rings. The van der Waals surface area contributed by atoms with Crippen LogP contribution < -0.4 is 10.6 Å². The molecule has 140 valence electrons. The second-order valence-electron chi connectivity index (χ2n) is 6.99. The van der Waals surface area contributed by atoms with Crippen molar-refractivity contribution in [2.24, 2.45) is 10.4 Å². The molecule has 0 amide bonds. The molecule has 0 radical (unpaired) electrons. The van der Waals surface area contributed by atoms with Crippen LogP contribution >= 0.6 is 24.0 Å². The van der Waals surface area contributed by atoms with E-state index in [2.05, 4.69) is 32.4 Å². The van der Waals surface area contributed by atoms with Crippen LogP contribution in [0.25, 0.3) is 0 Å². The first-order valence-electron chi connectivity index (χ1n) is 9.34. The first-order valence-corrected chi connectivity index (χ1v) is 9.34. The molecule has 0 atom stereocenters. The van der Waals surface area contributed by atoms with Crippen molar-refractivity contribution < 1.29 is 0 Å². The Hall–Kier alpha value is -1.12. The fourth-order valence-corrected chi connectivity index (χ4v) is 3.99. The first kappa shape index (κ1) is 20.2. The monoisotopic (exact) mass is 458 g/mol. The summed E-state index contributed by atoms with van der Waals surface area (Å²) in [5.74, 6) is 1.88. The van der Waals surface area contributed by atoms with Crippen LogP contribution in [0.5, 0.6) is 0 Å². The molecular formula is C18H31IN6. The largest absolute Gasteiger partial charge is 0.367 e. The summed E-state index contributed by atoms with van der Waals surface area (Å²) in [5.41, 5.74) is 0.562. The van der Waals surface area contributed by atoms with E-state index in [4.69, 9.17) is 4.99 Å². The lowest BCUT2D eigenvalue weighted by Crippen LogP contribution is -2.42.